The lowest BCUT2D eigenvalue weighted by Gasteiger charge is -2.45. The molecule has 0 heterocycles. The Kier molecular flexibility index (Phi) is 12.4. The zero-order valence-electron chi connectivity index (χ0n) is 26.0. The third-order valence-corrected chi connectivity index (χ3v) is 13.1. The number of rotatable bonds is 12. The molecule has 0 aliphatic heterocycles. The lowest BCUT2D eigenvalue weighted by atomic mass is 9.59. The first-order chi connectivity index (χ1) is 16.5. The molecule has 37 heavy (non-hydrogen) atoms. The first-order valence-electron chi connectivity index (χ1n) is 14.0. The predicted octanol–water partition coefficient (Wildman–Crippen LogP) is 9.09. The average Bonchev–Trinajstić information content (AvgIpc) is 2.61. The standard InChI is InChI=1S/C28H56O7P2/c1-18(2)32-36(30,33-19(3)4)25(37(31,34-20(5)6)35-21(7)8)17-22-15-23(27(9,10)11)26(29)24(16-22)28(12,13)14/h18-25H,15-17H2,1-14H3. The first-order valence-corrected chi connectivity index (χ1v) is 17.2. The zero-order chi connectivity index (χ0) is 29.1. The van der Waals surface area contributed by atoms with Crippen molar-refractivity contribution in [1.82, 2.24) is 0 Å². The quantitative estimate of drug-likeness (QED) is 0.218. The van der Waals surface area contributed by atoms with E-state index in [0.717, 1.165) is 0 Å². The molecule has 7 nitrogen and oxygen atoms in total. The topological polar surface area (TPSA) is 88.1 Å². The van der Waals surface area contributed by atoms with Crippen LogP contribution in [0.25, 0.3) is 0 Å². The number of hydrogen-bond donors (Lipinski definition) is 0. The van der Waals surface area contributed by atoms with Crippen LogP contribution < -0.4 is 0 Å². The average molecular weight is 567 g/mol. The van der Waals surface area contributed by atoms with Gasteiger partial charge in [0.2, 0.25) is 0 Å². The van der Waals surface area contributed by atoms with Crippen molar-refractivity contribution in [2.45, 2.75) is 146 Å². The van der Waals surface area contributed by atoms with E-state index < -0.39 is 45.0 Å². The van der Waals surface area contributed by atoms with Gasteiger partial charge in [-0.3, -0.25) is 13.9 Å². The Hall–Kier alpha value is -0.0300. The summed E-state index contributed by atoms with van der Waals surface area (Å²) in [6.07, 6.45) is -0.171. The molecule has 0 bridgehead atoms. The van der Waals surface area contributed by atoms with Crippen LogP contribution in [0.5, 0.6) is 0 Å². The van der Waals surface area contributed by atoms with Crippen molar-refractivity contribution in [2.75, 3.05) is 0 Å². The zero-order valence-corrected chi connectivity index (χ0v) is 27.8. The van der Waals surface area contributed by atoms with Crippen molar-refractivity contribution >= 4 is 21.0 Å². The van der Waals surface area contributed by atoms with Crippen LogP contribution in [0.3, 0.4) is 0 Å². The number of Topliss-reactive ketones (excluding diaryl/α,β-unsaturated/α-hetero) is 1. The molecule has 0 saturated heterocycles. The highest BCUT2D eigenvalue weighted by Crippen LogP contribution is 2.74. The first kappa shape index (κ1) is 35.0. The van der Waals surface area contributed by atoms with Gasteiger partial charge in [-0.15, -0.1) is 0 Å². The number of carbonyl (C=O) groups is 1. The second-order valence-corrected chi connectivity index (χ2v) is 18.6. The summed E-state index contributed by atoms with van der Waals surface area (Å²) < 4.78 is 53.2. The molecule has 9 heteroatoms. The second-order valence-electron chi connectivity index (χ2n) is 14.0. The van der Waals surface area contributed by atoms with Crippen LogP contribution in [0.2, 0.25) is 0 Å². The summed E-state index contributed by atoms with van der Waals surface area (Å²) in [5, 5.41) is -1.10. The van der Waals surface area contributed by atoms with Gasteiger partial charge in [-0.1, -0.05) is 41.5 Å². The highest BCUT2D eigenvalue weighted by molar-refractivity contribution is 7.72. The fraction of sp³-hybridized carbons (Fsp3) is 0.964. The molecular weight excluding hydrogens is 510 g/mol. The molecule has 0 spiro atoms. The summed E-state index contributed by atoms with van der Waals surface area (Å²) in [5.41, 5.74) is -0.457. The van der Waals surface area contributed by atoms with E-state index in [-0.39, 0.29) is 40.8 Å². The summed E-state index contributed by atoms with van der Waals surface area (Å²) >= 11 is 0. The van der Waals surface area contributed by atoms with E-state index in [9.17, 15) is 13.9 Å². The van der Waals surface area contributed by atoms with Crippen LogP contribution in [0, 0.1) is 28.6 Å². The predicted molar refractivity (Wildman–Crippen MR) is 152 cm³/mol. The van der Waals surface area contributed by atoms with Crippen LogP contribution in [0.15, 0.2) is 0 Å². The molecule has 0 aromatic rings. The molecule has 0 aromatic carbocycles. The minimum absolute atomic E-state index is 0.0316. The second kappa shape index (κ2) is 13.1. The molecular formula is C28H56O7P2. The summed E-state index contributed by atoms with van der Waals surface area (Å²) in [6, 6.07) is 0. The monoisotopic (exact) mass is 566 g/mol. The van der Waals surface area contributed by atoms with Crippen LogP contribution in [-0.2, 0) is 32.0 Å². The number of hydrogen-bond acceptors (Lipinski definition) is 7. The highest BCUT2D eigenvalue weighted by Gasteiger charge is 2.55. The highest BCUT2D eigenvalue weighted by atomic mass is 31.2. The molecule has 1 aliphatic rings. The van der Waals surface area contributed by atoms with Crippen molar-refractivity contribution < 1.29 is 32.0 Å². The molecule has 2 unspecified atom stereocenters. The van der Waals surface area contributed by atoms with Crippen LogP contribution in [-0.4, -0.2) is 35.6 Å². The van der Waals surface area contributed by atoms with E-state index >= 15 is 0 Å². The van der Waals surface area contributed by atoms with E-state index in [2.05, 4.69) is 41.5 Å². The molecule has 220 valence electrons. The number of carbonyl (C=O) groups excluding carboxylic acids is 1. The molecule has 0 aromatic heterocycles. The summed E-state index contributed by atoms with van der Waals surface area (Å²) in [4.78, 5) is 13.6. The Labute approximate surface area is 227 Å². The third kappa shape index (κ3) is 10.1. The molecule has 1 saturated carbocycles. The maximum atomic E-state index is 14.6. The van der Waals surface area contributed by atoms with Crippen molar-refractivity contribution in [3.05, 3.63) is 0 Å². The van der Waals surface area contributed by atoms with E-state index in [1.807, 2.05) is 0 Å². The van der Waals surface area contributed by atoms with Gasteiger partial charge in [0, 0.05) is 11.8 Å². The summed E-state index contributed by atoms with van der Waals surface area (Å²) in [6.45, 7) is 26.9. The van der Waals surface area contributed by atoms with Crippen LogP contribution in [0.1, 0.15) is 116 Å². The smallest absolute Gasteiger partial charge is 0.305 e. The van der Waals surface area contributed by atoms with Gasteiger partial charge in [-0.05, 0) is 91.4 Å². The van der Waals surface area contributed by atoms with E-state index in [4.69, 9.17) is 18.1 Å². The van der Waals surface area contributed by atoms with E-state index in [1.165, 1.54) is 0 Å². The lowest BCUT2D eigenvalue weighted by Crippen LogP contribution is -2.45. The van der Waals surface area contributed by atoms with Gasteiger partial charge >= 0.3 is 15.2 Å². The Bertz CT molecular complexity index is 744. The minimum Gasteiger partial charge on any atom is -0.305 e. The van der Waals surface area contributed by atoms with E-state index in [1.54, 1.807) is 55.4 Å². The Morgan fingerprint density at radius 2 is 0.919 bits per heavy atom. The van der Waals surface area contributed by atoms with Gasteiger partial charge in [0.1, 0.15) is 5.78 Å². The van der Waals surface area contributed by atoms with Gasteiger partial charge in [0.05, 0.1) is 24.4 Å². The molecule has 0 amide bonds. The van der Waals surface area contributed by atoms with Crippen molar-refractivity contribution in [3.63, 3.8) is 0 Å². The molecule has 0 N–H and O–H groups in total. The van der Waals surface area contributed by atoms with Crippen molar-refractivity contribution in [1.29, 1.82) is 0 Å². The van der Waals surface area contributed by atoms with Gasteiger partial charge < -0.3 is 18.1 Å². The Balaban J connectivity index is 3.72. The largest absolute Gasteiger partial charge is 0.346 e. The van der Waals surface area contributed by atoms with Crippen LogP contribution in [0.4, 0.5) is 0 Å². The van der Waals surface area contributed by atoms with E-state index in [0.29, 0.717) is 12.8 Å². The maximum Gasteiger partial charge on any atom is 0.346 e. The van der Waals surface area contributed by atoms with Gasteiger partial charge in [0.15, 0.2) is 5.40 Å². The number of ketones is 1. The van der Waals surface area contributed by atoms with Crippen molar-refractivity contribution in [2.24, 2.45) is 28.6 Å². The Morgan fingerprint density at radius 1 is 0.649 bits per heavy atom. The normalized spacial score (nSPS) is 22.8. The molecule has 1 rings (SSSR count). The van der Waals surface area contributed by atoms with Gasteiger partial charge in [-0.2, -0.15) is 0 Å². The molecule has 1 fully saturated rings. The summed E-state index contributed by atoms with van der Waals surface area (Å²) in [5.74, 6) is -0.0725. The molecule has 0 radical (unpaired) electrons. The van der Waals surface area contributed by atoms with Crippen LogP contribution >= 0.6 is 15.2 Å². The fourth-order valence-corrected chi connectivity index (χ4v) is 11.4. The minimum atomic E-state index is -3.98. The SMILES string of the molecule is CC(C)OP(=O)(OC(C)C)C(CC1CC(C(C)(C)C)C(=O)C(C(C)(C)C)C1)P(=O)(OC(C)C)OC(C)C. The maximum absolute atomic E-state index is 14.6. The Morgan fingerprint density at radius 3 is 1.14 bits per heavy atom. The van der Waals surface area contributed by atoms with Gasteiger partial charge in [-0.25, -0.2) is 0 Å². The fourth-order valence-electron chi connectivity index (χ4n) is 5.23. The van der Waals surface area contributed by atoms with Gasteiger partial charge in [0.25, 0.3) is 0 Å². The summed E-state index contributed by atoms with van der Waals surface area (Å²) in [7, 11) is -7.95. The molecule has 1 aliphatic carbocycles. The molecule has 2 atom stereocenters. The lowest BCUT2D eigenvalue weighted by molar-refractivity contribution is -0.139. The van der Waals surface area contributed by atoms with Crippen molar-refractivity contribution in [3.8, 4) is 0 Å². The third-order valence-electron chi connectivity index (χ3n) is 6.62.